The molecule has 0 bridgehead atoms. The monoisotopic (exact) mass is 477 g/mol. The Kier molecular flexibility index (Phi) is 4.88. The molecule has 5 aromatic rings. The molecule has 36 heavy (non-hydrogen) atoms. The summed E-state index contributed by atoms with van der Waals surface area (Å²) in [7, 11) is 0. The van der Waals surface area contributed by atoms with E-state index in [1.54, 1.807) is 0 Å². The van der Waals surface area contributed by atoms with Crippen LogP contribution in [0.5, 0.6) is 0 Å². The zero-order valence-corrected chi connectivity index (χ0v) is 21.2. The van der Waals surface area contributed by atoms with Crippen LogP contribution in [0.4, 0.5) is 0 Å². The lowest BCUT2D eigenvalue weighted by atomic mass is 9.63. The van der Waals surface area contributed by atoms with Crippen LogP contribution in [-0.4, -0.2) is 30.3 Å². The minimum Gasteiger partial charge on any atom is -0.390 e. The standard InChI is InChI=1S/C30H31N5O/c1-28(2,3)24-15-25-32-16-21-14-23(19-8-6-5-7-9-19)26(33-27(21)35(25)34-24)20-10-12-22(13-11-20)30(31)17-29(4,36)18-30/h5-16,36H,17-18,31H2,1-4H3. The number of nitrogens with zero attached hydrogens (tertiary/aromatic N) is 4. The van der Waals surface area contributed by atoms with Crippen molar-refractivity contribution in [3.8, 4) is 22.4 Å². The summed E-state index contributed by atoms with van der Waals surface area (Å²) in [6, 6.07) is 22.8. The van der Waals surface area contributed by atoms with E-state index in [9.17, 15) is 5.11 Å². The zero-order chi connectivity index (χ0) is 25.3. The highest BCUT2D eigenvalue weighted by molar-refractivity contribution is 5.90. The first kappa shape index (κ1) is 22.8. The molecule has 0 amide bonds. The summed E-state index contributed by atoms with van der Waals surface area (Å²) in [5, 5.41) is 16.1. The van der Waals surface area contributed by atoms with E-state index in [0.717, 1.165) is 50.3 Å². The number of hydrogen-bond donors (Lipinski definition) is 2. The predicted molar refractivity (Wildman–Crippen MR) is 144 cm³/mol. The Balaban J connectivity index is 1.53. The van der Waals surface area contributed by atoms with Crippen molar-refractivity contribution in [3.63, 3.8) is 0 Å². The number of pyridine rings is 1. The highest BCUT2D eigenvalue weighted by Crippen LogP contribution is 2.46. The Bertz CT molecular complexity index is 1590. The van der Waals surface area contributed by atoms with Crippen LogP contribution < -0.4 is 5.73 Å². The van der Waals surface area contributed by atoms with Gasteiger partial charge >= 0.3 is 0 Å². The molecule has 1 aliphatic rings. The van der Waals surface area contributed by atoms with Crippen LogP contribution in [0.1, 0.15) is 51.8 Å². The van der Waals surface area contributed by atoms with Crippen LogP contribution in [0.3, 0.4) is 0 Å². The van der Waals surface area contributed by atoms with Crippen molar-refractivity contribution >= 4 is 16.7 Å². The van der Waals surface area contributed by atoms with Crippen LogP contribution in [-0.2, 0) is 11.0 Å². The fourth-order valence-corrected chi connectivity index (χ4v) is 5.43. The second kappa shape index (κ2) is 7.69. The minimum atomic E-state index is -0.692. The van der Waals surface area contributed by atoms with Crippen molar-refractivity contribution in [3.05, 3.63) is 84.2 Å². The Morgan fingerprint density at radius 2 is 1.64 bits per heavy atom. The third-order valence-corrected chi connectivity index (χ3v) is 7.24. The van der Waals surface area contributed by atoms with E-state index >= 15 is 0 Å². The topological polar surface area (TPSA) is 89.3 Å². The molecule has 0 radical (unpaired) electrons. The predicted octanol–water partition coefficient (Wildman–Crippen LogP) is 5.61. The van der Waals surface area contributed by atoms with E-state index in [-0.39, 0.29) is 5.41 Å². The van der Waals surface area contributed by atoms with Gasteiger partial charge in [-0.3, -0.25) is 0 Å². The molecule has 182 valence electrons. The fraction of sp³-hybridized carbons (Fsp3) is 0.300. The van der Waals surface area contributed by atoms with Crippen molar-refractivity contribution in [1.82, 2.24) is 19.6 Å². The molecule has 3 heterocycles. The molecule has 0 saturated heterocycles. The first-order valence-electron chi connectivity index (χ1n) is 12.4. The Hall–Kier alpha value is -3.61. The second-order valence-corrected chi connectivity index (χ2v) is 11.6. The molecule has 1 saturated carbocycles. The van der Waals surface area contributed by atoms with Crippen molar-refractivity contribution in [2.24, 2.45) is 5.73 Å². The molecule has 0 spiro atoms. The molecule has 6 rings (SSSR count). The average molecular weight is 478 g/mol. The summed E-state index contributed by atoms with van der Waals surface area (Å²) in [6.07, 6.45) is 3.00. The molecule has 6 heteroatoms. The molecular formula is C30H31N5O. The van der Waals surface area contributed by atoms with Gasteiger partial charge in [0.1, 0.15) is 0 Å². The zero-order valence-electron chi connectivity index (χ0n) is 21.2. The summed E-state index contributed by atoms with van der Waals surface area (Å²) in [5.41, 5.74) is 12.9. The number of nitrogens with two attached hydrogens (primary N) is 1. The van der Waals surface area contributed by atoms with Crippen LogP contribution in [0, 0.1) is 0 Å². The third-order valence-electron chi connectivity index (χ3n) is 7.24. The van der Waals surface area contributed by atoms with Gasteiger partial charge in [0.15, 0.2) is 11.3 Å². The maximum atomic E-state index is 10.2. The smallest absolute Gasteiger partial charge is 0.165 e. The van der Waals surface area contributed by atoms with Gasteiger partial charge in [-0.25, -0.2) is 9.97 Å². The minimum absolute atomic E-state index is 0.0903. The molecule has 1 fully saturated rings. The molecule has 2 aromatic carbocycles. The van der Waals surface area contributed by atoms with Crippen molar-refractivity contribution in [2.45, 2.75) is 57.1 Å². The van der Waals surface area contributed by atoms with Gasteiger partial charge in [0.25, 0.3) is 0 Å². The lowest BCUT2D eigenvalue weighted by molar-refractivity contribution is -0.0738. The number of hydrogen-bond acceptors (Lipinski definition) is 5. The van der Waals surface area contributed by atoms with Gasteiger partial charge in [0.05, 0.1) is 17.0 Å². The second-order valence-electron chi connectivity index (χ2n) is 11.6. The summed E-state index contributed by atoms with van der Waals surface area (Å²) >= 11 is 0. The van der Waals surface area contributed by atoms with Gasteiger partial charge in [0.2, 0.25) is 0 Å². The van der Waals surface area contributed by atoms with Gasteiger partial charge in [-0.2, -0.15) is 9.61 Å². The third kappa shape index (κ3) is 3.77. The van der Waals surface area contributed by atoms with Crippen LogP contribution in [0.15, 0.2) is 72.9 Å². The highest BCUT2D eigenvalue weighted by atomic mass is 16.3. The lowest BCUT2D eigenvalue weighted by Gasteiger charge is -2.49. The molecule has 0 atom stereocenters. The van der Waals surface area contributed by atoms with E-state index in [0.29, 0.717) is 12.8 Å². The van der Waals surface area contributed by atoms with Crippen LogP contribution in [0.2, 0.25) is 0 Å². The van der Waals surface area contributed by atoms with Gasteiger partial charge in [-0.15, -0.1) is 0 Å². The maximum Gasteiger partial charge on any atom is 0.165 e. The van der Waals surface area contributed by atoms with Gasteiger partial charge in [-0.05, 0) is 37.0 Å². The highest BCUT2D eigenvalue weighted by Gasteiger charge is 2.49. The fourth-order valence-electron chi connectivity index (χ4n) is 5.43. The quantitative estimate of drug-likeness (QED) is 0.353. The first-order chi connectivity index (χ1) is 17.0. The first-order valence-corrected chi connectivity index (χ1v) is 12.4. The summed E-state index contributed by atoms with van der Waals surface area (Å²) in [5.74, 6) is 0. The molecular weight excluding hydrogens is 446 g/mol. The summed E-state index contributed by atoms with van der Waals surface area (Å²) in [6.45, 7) is 8.29. The molecule has 3 aromatic heterocycles. The largest absolute Gasteiger partial charge is 0.390 e. The number of aliphatic hydroxyl groups is 1. The average Bonchev–Trinajstić information content (AvgIpc) is 3.28. The van der Waals surface area contributed by atoms with Crippen molar-refractivity contribution in [1.29, 1.82) is 0 Å². The molecule has 0 unspecified atom stereocenters. The SMILES string of the molecule is CC1(O)CC(N)(c2ccc(-c3nc4c(cnc5cc(C(C)(C)C)nn54)cc3-c3ccccc3)cc2)C1. The summed E-state index contributed by atoms with van der Waals surface area (Å²) < 4.78 is 1.86. The molecule has 6 nitrogen and oxygen atoms in total. The van der Waals surface area contributed by atoms with E-state index < -0.39 is 11.1 Å². The number of fused-ring (bicyclic) bond motifs is 3. The van der Waals surface area contributed by atoms with Crippen LogP contribution in [0.25, 0.3) is 39.1 Å². The Labute approximate surface area is 210 Å². The number of rotatable bonds is 3. The number of aromatic nitrogens is 4. The maximum absolute atomic E-state index is 10.2. The Morgan fingerprint density at radius 1 is 0.944 bits per heavy atom. The Morgan fingerprint density at radius 3 is 2.28 bits per heavy atom. The normalized spacial score (nSPS) is 22.2. The van der Waals surface area contributed by atoms with Gasteiger partial charge in [-0.1, -0.05) is 75.4 Å². The molecule has 0 aliphatic heterocycles. The lowest BCUT2D eigenvalue weighted by Crippen LogP contribution is -2.58. The van der Waals surface area contributed by atoms with E-state index in [1.807, 2.05) is 41.9 Å². The van der Waals surface area contributed by atoms with E-state index in [1.165, 1.54) is 0 Å². The molecule has 3 N–H and O–H groups in total. The van der Waals surface area contributed by atoms with Crippen molar-refractivity contribution < 1.29 is 5.11 Å². The number of benzene rings is 2. The molecule has 1 aliphatic carbocycles. The van der Waals surface area contributed by atoms with E-state index in [4.69, 9.17) is 15.8 Å². The van der Waals surface area contributed by atoms with Crippen molar-refractivity contribution in [2.75, 3.05) is 0 Å². The van der Waals surface area contributed by atoms with Gasteiger partial charge < -0.3 is 10.8 Å². The van der Waals surface area contributed by atoms with Gasteiger partial charge in [0, 0.05) is 39.7 Å². The summed E-state index contributed by atoms with van der Waals surface area (Å²) in [4.78, 5) is 9.86. The van der Waals surface area contributed by atoms with Crippen LogP contribution >= 0.6 is 0 Å². The van der Waals surface area contributed by atoms with E-state index in [2.05, 4.69) is 68.2 Å².